The van der Waals surface area contributed by atoms with Gasteiger partial charge in [0.05, 0.1) is 11.4 Å². The minimum Gasteiger partial charge on any atom is -0.335 e. The van der Waals surface area contributed by atoms with E-state index in [0.29, 0.717) is 18.7 Å². The number of hydroxylamine groups is 1. The van der Waals surface area contributed by atoms with Crippen LogP contribution in [0.4, 0.5) is 0 Å². The predicted molar refractivity (Wildman–Crippen MR) is 116 cm³/mol. The van der Waals surface area contributed by atoms with Gasteiger partial charge in [0, 0.05) is 30.4 Å². The van der Waals surface area contributed by atoms with Crippen molar-refractivity contribution in [1.82, 2.24) is 15.4 Å². The summed E-state index contributed by atoms with van der Waals surface area (Å²) >= 11 is 0. The smallest absolute Gasteiger partial charge is 0.195 e. The molecule has 1 aliphatic heterocycles. The van der Waals surface area contributed by atoms with E-state index in [1.54, 1.807) is 12.4 Å². The molecule has 0 bridgehead atoms. The number of hydrogen-bond acceptors (Lipinski definition) is 5. The van der Waals surface area contributed by atoms with E-state index < -0.39 is 5.54 Å². The number of benzene rings is 1. The standard InChI is InChI=1S/C23H28N4O2/c1-5-16-13-18(8-9-19(16)14-23(3,4)27-29)21-20(25-22(26-21)15(2)28)17-7-6-11-24-12-10-17/h6,8-13,27,29H,5,7,14H2,1-4H3,(H,25,26). The van der Waals surface area contributed by atoms with Gasteiger partial charge in [0.2, 0.25) is 0 Å². The second-order valence-corrected chi connectivity index (χ2v) is 7.95. The molecule has 1 aliphatic rings. The van der Waals surface area contributed by atoms with Gasteiger partial charge in [0.1, 0.15) is 0 Å². The van der Waals surface area contributed by atoms with Crippen LogP contribution in [0.15, 0.2) is 41.5 Å². The van der Waals surface area contributed by atoms with Gasteiger partial charge in [-0.15, -0.1) is 0 Å². The third-order valence-corrected chi connectivity index (χ3v) is 5.04. The van der Waals surface area contributed by atoms with Gasteiger partial charge in [-0.2, -0.15) is 5.48 Å². The minimum atomic E-state index is -0.413. The first kappa shape index (κ1) is 20.9. The lowest BCUT2D eigenvalue weighted by atomic mass is 9.90. The van der Waals surface area contributed by atoms with Gasteiger partial charge in [0.25, 0.3) is 0 Å². The monoisotopic (exact) mass is 392 g/mol. The molecule has 0 fully saturated rings. The Morgan fingerprint density at radius 3 is 2.79 bits per heavy atom. The van der Waals surface area contributed by atoms with E-state index in [1.165, 1.54) is 18.1 Å². The van der Waals surface area contributed by atoms with E-state index in [-0.39, 0.29) is 5.78 Å². The summed E-state index contributed by atoms with van der Waals surface area (Å²) in [6, 6.07) is 6.28. The summed E-state index contributed by atoms with van der Waals surface area (Å²) in [7, 11) is 0. The number of carbonyl (C=O) groups excluding carboxylic acids is 1. The number of aryl methyl sites for hydroxylation is 1. The average molecular weight is 393 g/mol. The number of carbonyl (C=O) groups is 1. The topological polar surface area (TPSA) is 90.4 Å². The largest absolute Gasteiger partial charge is 0.335 e. The molecule has 6 heteroatoms. The highest BCUT2D eigenvalue weighted by molar-refractivity contribution is 5.94. The lowest BCUT2D eigenvalue weighted by molar-refractivity contribution is 0.0816. The average Bonchev–Trinajstić information content (AvgIpc) is 2.97. The molecule has 0 unspecified atom stereocenters. The second-order valence-electron chi connectivity index (χ2n) is 7.95. The molecule has 1 aromatic heterocycles. The van der Waals surface area contributed by atoms with Crippen molar-refractivity contribution in [3.63, 3.8) is 0 Å². The molecule has 152 valence electrons. The van der Waals surface area contributed by atoms with Crippen molar-refractivity contribution in [2.75, 3.05) is 0 Å². The highest BCUT2D eigenvalue weighted by atomic mass is 16.5. The summed E-state index contributed by atoms with van der Waals surface area (Å²) in [5.41, 5.74) is 7.96. The molecule has 29 heavy (non-hydrogen) atoms. The fourth-order valence-corrected chi connectivity index (χ4v) is 3.45. The van der Waals surface area contributed by atoms with Crippen molar-refractivity contribution in [1.29, 1.82) is 0 Å². The number of H-pyrrole nitrogens is 1. The number of aromatic amines is 1. The molecule has 0 atom stereocenters. The van der Waals surface area contributed by atoms with E-state index in [0.717, 1.165) is 28.9 Å². The van der Waals surface area contributed by atoms with Crippen LogP contribution in [0.1, 0.15) is 61.6 Å². The van der Waals surface area contributed by atoms with Gasteiger partial charge in [0.15, 0.2) is 11.6 Å². The Kier molecular flexibility index (Phi) is 6.25. The van der Waals surface area contributed by atoms with Crippen LogP contribution in [0.3, 0.4) is 0 Å². The summed E-state index contributed by atoms with van der Waals surface area (Å²) < 4.78 is 0. The number of aromatic nitrogens is 2. The fourth-order valence-electron chi connectivity index (χ4n) is 3.45. The third kappa shape index (κ3) is 4.78. The second kappa shape index (κ2) is 8.68. The van der Waals surface area contributed by atoms with Gasteiger partial charge in [-0.05, 0) is 62.0 Å². The van der Waals surface area contributed by atoms with Crippen LogP contribution in [-0.2, 0) is 12.8 Å². The minimum absolute atomic E-state index is 0.0981. The van der Waals surface area contributed by atoms with Crippen LogP contribution in [0.5, 0.6) is 0 Å². The third-order valence-electron chi connectivity index (χ3n) is 5.04. The summed E-state index contributed by atoms with van der Waals surface area (Å²) in [6.45, 7) is 7.55. The zero-order valence-corrected chi connectivity index (χ0v) is 17.4. The highest BCUT2D eigenvalue weighted by Crippen LogP contribution is 2.31. The summed E-state index contributed by atoms with van der Waals surface area (Å²) in [5.74, 6) is 0.257. The fraction of sp³-hybridized carbons (Fsp3) is 0.348. The SMILES string of the molecule is CCc1cc(-c2[nH]c(C(C)=O)nc2C2=CC=NC=CC2)ccc1CC(C)(C)NO. The Balaban J connectivity index is 2.08. The molecule has 6 nitrogen and oxygen atoms in total. The zero-order chi connectivity index (χ0) is 21.0. The molecule has 3 rings (SSSR count). The van der Waals surface area contributed by atoms with E-state index in [2.05, 4.69) is 39.5 Å². The normalized spacial score (nSPS) is 14.0. The lowest BCUT2D eigenvalue weighted by Crippen LogP contribution is -2.39. The van der Waals surface area contributed by atoms with Crippen LogP contribution < -0.4 is 5.48 Å². The Bertz CT molecular complexity index is 996. The summed E-state index contributed by atoms with van der Waals surface area (Å²) in [6.07, 6.45) is 9.70. The Hall–Kier alpha value is -2.83. The number of nitrogens with zero attached hydrogens (tertiary/aromatic N) is 2. The number of rotatable bonds is 7. The van der Waals surface area contributed by atoms with Crippen molar-refractivity contribution in [3.05, 3.63) is 59.2 Å². The number of allylic oxidation sites excluding steroid dienone is 3. The van der Waals surface area contributed by atoms with E-state index in [4.69, 9.17) is 0 Å². The highest BCUT2D eigenvalue weighted by Gasteiger charge is 2.21. The van der Waals surface area contributed by atoms with Crippen molar-refractivity contribution < 1.29 is 10.0 Å². The number of imidazole rings is 1. The van der Waals surface area contributed by atoms with Crippen molar-refractivity contribution in [2.45, 2.75) is 52.5 Å². The molecule has 2 heterocycles. The quantitative estimate of drug-likeness (QED) is 0.477. The molecule has 0 saturated carbocycles. The van der Waals surface area contributed by atoms with Crippen molar-refractivity contribution in [2.24, 2.45) is 4.99 Å². The Morgan fingerprint density at radius 1 is 1.31 bits per heavy atom. The van der Waals surface area contributed by atoms with Crippen molar-refractivity contribution in [3.8, 4) is 11.3 Å². The molecule has 0 saturated heterocycles. The van der Waals surface area contributed by atoms with E-state index in [1.807, 2.05) is 32.1 Å². The van der Waals surface area contributed by atoms with Crippen LogP contribution in [0.25, 0.3) is 16.8 Å². The molecule has 0 radical (unpaired) electrons. The van der Waals surface area contributed by atoms with Gasteiger partial charge in [-0.1, -0.05) is 25.1 Å². The molecule has 2 aromatic rings. The summed E-state index contributed by atoms with van der Waals surface area (Å²) in [5, 5.41) is 9.39. The first-order chi connectivity index (χ1) is 13.8. The molecule has 1 aromatic carbocycles. The number of aliphatic imine (C=N–C) groups is 1. The number of ketones is 1. The zero-order valence-electron chi connectivity index (χ0n) is 17.4. The summed E-state index contributed by atoms with van der Waals surface area (Å²) in [4.78, 5) is 23.9. The first-order valence-corrected chi connectivity index (χ1v) is 9.86. The van der Waals surface area contributed by atoms with Crippen LogP contribution in [0, 0.1) is 0 Å². The molecule has 0 aliphatic carbocycles. The Labute approximate surface area is 171 Å². The van der Waals surface area contributed by atoms with Crippen LogP contribution in [0.2, 0.25) is 0 Å². The van der Waals surface area contributed by atoms with Gasteiger partial charge < -0.3 is 10.2 Å². The molecule has 3 N–H and O–H groups in total. The number of nitrogens with one attached hydrogen (secondary N) is 2. The van der Waals surface area contributed by atoms with Crippen molar-refractivity contribution >= 4 is 17.6 Å². The number of hydrogen-bond donors (Lipinski definition) is 3. The molecular formula is C23H28N4O2. The van der Waals surface area contributed by atoms with Gasteiger partial charge in [-0.3, -0.25) is 9.79 Å². The lowest BCUT2D eigenvalue weighted by Gasteiger charge is -2.24. The number of Topliss-reactive ketones (excluding diaryl/α,β-unsaturated/α-hetero) is 1. The molecule has 0 amide bonds. The van der Waals surface area contributed by atoms with E-state index >= 15 is 0 Å². The van der Waals surface area contributed by atoms with Gasteiger partial charge in [-0.25, -0.2) is 4.98 Å². The maximum atomic E-state index is 12.0. The van der Waals surface area contributed by atoms with E-state index in [9.17, 15) is 10.0 Å². The Morgan fingerprint density at radius 2 is 2.10 bits per heavy atom. The molecular weight excluding hydrogens is 364 g/mol. The predicted octanol–water partition coefficient (Wildman–Crippen LogP) is 4.51. The van der Waals surface area contributed by atoms with Crippen LogP contribution >= 0.6 is 0 Å². The maximum absolute atomic E-state index is 12.0. The molecule has 0 spiro atoms. The van der Waals surface area contributed by atoms with Crippen LogP contribution in [-0.4, -0.2) is 32.7 Å². The first-order valence-electron chi connectivity index (χ1n) is 9.86. The van der Waals surface area contributed by atoms with Gasteiger partial charge >= 0.3 is 0 Å². The maximum Gasteiger partial charge on any atom is 0.195 e.